The van der Waals surface area contributed by atoms with E-state index in [4.69, 9.17) is 27.9 Å². The first kappa shape index (κ1) is 15.8. The smallest absolute Gasteiger partial charge is 0.271 e. The van der Waals surface area contributed by atoms with Gasteiger partial charge in [0.15, 0.2) is 6.10 Å². The highest BCUT2D eigenvalue weighted by atomic mass is 35.5. The molecule has 1 unspecified atom stereocenters. The van der Waals surface area contributed by atoms with E-state index in [9.17, 15) is 14.9 Å². The molecule has 0 fully saturated rings. The van der Waals surface area contributed by atoms with E-state index in [0.717, 1.165) is 11.3 Å². The van der Waals surface area contributed by atoms with Gasteiger partial charge in [0.05, 0.1) is 19.2 Å². The number of halogens is 2. The van der Waals surface area contributed by atoms with Gasteiger partial charge in [0.25, 0.3) is 5.69 Å². The first-order valence-corrected chi connectivity index (χ1v) is 7.36. The Morgan fingerprint density at radius 2 is 2.05 bits per heavy atom. The van der Waals surface area contributed by atoms with Crippen molar-refractivity contribution >= 4 is 46.0 Å². The van der Waals surface area contributed by atoms with Crippen molar-refractivity contribution in [3.05, 3.63) is 54.7 Å². The number of hydrogen-bond donors (Lipinski definition) is 0. The summed E-state index contributed by atoms with van der Waals surface area (Å²) >= 11 is 12.9. The van der Waals surface area contributed by atoms with Crippen molar-refractivity contribution in [3.63, 3.8) is 0 Å². The minimum Gasteiger partial charge on any atom is -0.481 e. The van der Waals surface area contributed by atoms with Gasteiger partial charge in [0, 0.05) is 12.1 Å². The van der Waals surface area contributed by atoms with Crippen LogP contribution in [0.5, 0.6) is 5.75 Å². The molecule has 21 heavy (non-hydrogen) atoms. The second-order valence-electron chi connectivity index (χ2n) is 4.10. The Morgan fingerprint density at radius 3 is 2.57 bits per heavy atom. The number of Topliss-reactive ketones (excluding diaryl/α,β-unsaturated/α-hetero) is 1. The number of non-ortho nitro benzene ring substituents is 1. The molecule has 0 saturated heterocycles. The number of nitro groups is 1. The van der Waals surface area contributed by atoms with Crippen molar-refractivity contribution in [2.24, 2.45) is 0 Å². The van der Waals surface area contributed by atoms with E-state index in [1.807, 2.05) is 0 Å². The standard InChI is InChI=1S/C13H9Cl2NO4S/c1-7(13(17)11-4-5-12(15)21-11)20-10-3-2-8(16(18)19)6-9(10)14/h2-7H,1H3. The SMILES string of the molecule is CC(Oc1ccc([N+](=O)[O-])cc1Cl)C(=O)c1ccc(Cl)s1. The third-order valence-electron chi connectivity index (χ3n) is 2.62. The van der Waals surface area contributed by atoms with Crippen LogP contribution in [0, 0.1) is 10.1 Å². The maximum Gasteiger partial charge on any atom is 0.271 e. The van der Waals surface area contributed by atoms with Gasteiger partial charge in [-0.05, 0) is 25.1 Å². The predicted molar refractivity (Wildman–Crippen MR) is 81.9 cm³/mol. The van der Waals surface area contributed by atoms with Crippen LogP contribution in [0.4, 0.5) is 5.69 Å². The third-order valence-corrected chi connectivity index (χ3v) is 4.16. The van der Waals surface area contributed by atoms with Gasteiger partial charge in [-0.25, -0.2) is 0 Å². The Labute approximate surface area is 134 Å². The fourth-order valence-corrected chi connectivity index (χ4v) is 2.87. The van der Waals surface area contributed by atoms with Gasteiger partial charge in [-0.15, -0.1) is 11.3 Å². The van der Waals surface area contributed by atoms with E-state index in [-0.39, 0.29) is 22.2 Å². The van der Waals surface area contributed by atoms with E-state index in [1.54, 1.807) is 19.1 Å². The first-order chi connectivity index (χ1) is 9.88. The van der Waals surface area contributed by atoms with Gasteiger partial charge in [-0.1, -0.05) is 23.2 Å². The van der Waals surface area contributed by atoms with Gasteiger partial charge in [0.1, 0.15) is 5.75 Å². The average Bonchev–Trinajstić information content (AvgIpc) is 2.86. The zero-order valence-corrected chi connectivity index (χ0v) is 13.0. The van der Waals surface area contributed by atoms with Crippen LogP contribution in [0.2, 0.25) is 9.36 Å². The van der Waals surface area contributed by atoms with Gasteiger partial charge >= 0.3 is 0 Å². The highest BCUT2D eigenvalue weighted by molar-refractivity contribution is 7.18. The van der Waals surface area contributed by atoms with Gasteiger partial charge < -0.3 is 4.74 Å². The molecule has 0 aliphatic rings. The molecule has 1 heterocycles. The number of benzene rings is 1. The molecule has 8 heteroatoms. The Balaban J connectivity index is 2.14. The number of carbonyl (C=O) groups excluding carboxylic acids is 1. The molecular weight excluding hydrogens is 337 g/mol. The lowest BCUT2D eigenvalue weighted by Gasteiger charge is -2.13. The van der Waals surface area contributed by atoms with Crippen molar-refractivity contribution < 1.29 is 14.5 Å². The minimum absolute atomic E-state index is 0.0769. The summed E-state index contributed by atoms with van der Waals surface area (Å²) < 4.78 is 5.98. The molecule has 0 saturated carbocycles. The second-order valence-corrected chi connectivity index (χ2v) is 6.22. The van der Waals surface area contributed by atoms with E-state index in [2.05, 4.69) is 0 Å². The largest absolute Gasteiger partial charge is 0.481 e. The van der Waals surface area contributed by atoms with E-state index < -0.39 is 11.0 Å². The predicted octanol–water partition coefficient (Wildman–Crippen LogP) is 4.61. The molecule has 2 rings (SSSR count). The van der Waals surface area contributed by atoms with Crippen LogP contribution in [0.15, 0.2) is 30.3 Å². The van der Waals surface area contributed by atoms with Crippen LogP contribution in [0.3, 0.4) is 0 Å². The van der Waals surface area contributed by atoms with Crippen LogP contribution in [-0.2, 0) is 0 Å². The molecule has 110 valence electrons. The van der Waals surface area contributed by atoms with E-state index >= 15 is 0 Å². The van der Waals surface area contributed by atoms with E-state index in [0.29, 0.717) is 9.21 Å². The number of ketones is 1. The Kier molecular flexibility index (Phi) is 4.82. The fourth-order valence-electron chi connectivity index (χ4n) is 1.59. The van der Waals surface area contributed by atoms with Crippen molar-refractivity contribution in [1.29, 1.82) is 0 Å². The number of hydrogen-bond acceptors (Lipinski definition) is 5. The summed E-state index contributed by atoms with van der Waals surface area (Å²) in [5, 5.41) is 10.7. The number of nitrogens with zero attached hydrogens (tertiary/aromatic N) is 1. The number of nitro benzene ring substituents is 1. The molecule has 0 bridgehead atoms. The fraction of sp³-hybridized carbons (Fsp3) is 0.154. The summed E-state index contributed by atoms with van der Waals surface area (Å²) in [5.74, 6) is -0.0212. The lowest BCUT2D eigenvalue weighted by Crippen LogP contribution is -2.23. The monoisotopic (exact) mass is 345 g/mol. The normalized spacial score (nSPS) is 12.0. The minimum atomic E-state index is -0.779. The Morgan fingerprint density at radius 1 is 1.33 bits per heavy atom. The molecule has 1 atom stereocenters. The summed E-state index contributed by atoms with van der Waals surface area (Å²) in [6.45, 7) is 1.58. The zero-order valence-electron chi connectivity index (χ0n) is 10.7. The zero-order chi connectivity index (χ0) is 15.6. The third kappa shape index (κ3) is 3.72. The number of ether oxygens (including phenoxy) is 1. The van der Waals surface area contributed by atoms with Gasteiger partial charge in [-0.2, -0.15) is 0 Å². The van der Waals surface area contributed by atoms with Gasteiger partial charge in [0.2, 0.25) is 5.78 Å². The molecule has 0 N–H and O–H groups in total. The molecule has 0 aliphatic heterocycles. The van der Waals surface area contributed by atoms with Crippen LogP contribution >= 0.6 is 34.5 Å². The molecule has 2 aromatic rings. The molecule has 1 aromatic carbocycles. The lowest BCUT2D eigenvalue weighted by atomic mass is 10.2. The molecule has 0 spiro atoms. The van der Waals surface area contributed by atoms with Crippen LogP contribution < -0.4 is 4.74 Å². The van der Waals surface area contributed by atoms with Crippen molar-refractivity contribution in [2.75, 3.05) is 0 Å². The highest BCUT2D eigenvalue weighted by Gasteiger charge is 2.20. The number of carbonyl (C=O) groups is 1. The summed E-state index contributed by atoms with van der Waals surface area (Å²) in [7, 11) is 0. The quantitative estimate of drug-likeness (QED) is 0.450. The molecule has 0 radical (unpaired) electrons. The van der Waals surface area contributed by atoms with Crippen molar-refractivity contribution in [3.8, 4) is 5.75 Å². The van der Waals surface area contributed by atoms with Crippen LogP contribution in [-0.4, -0.2) is 16.8 Å². The first-order valence-electron chi connectivity index (χ1n) is 5.78. The topological polar surface area (TPSA) is 69.4 Å². The lowest BCUT2D eigenvalue weighted by molar-refractivity contribution is -0.384. The summed E-state index contributed by atoms with van der Waals surface area (Å²) in [6, 6.07) is 7.06. The van der Waals surface area contributed by atoms with Crippen LogP contribution in [0.25, 0.3) is 0 Å². The van der Waals surface area contributed by atoms with Crippen molar-refractivity contribution in [1.82, 2.24) is 0 Å². The van der Waals surface area contributed by atoms with Crippen LogP contribution in [0.1, 0.15) is 16.6 Å². The molecule has 0 amide bonds. The molecule has 0 aliphatic carbocycles. The summed E-state index contributed by atoms with van der Waals surface area (Å²) in [6.07, 6.45) is -0.779. The summed E-state index contributed by atoms with van der Waals surface area (Å²) in [4.78, 5) is 22.7. The number of thiophene rings is 1. The Hall–Kier alpha value is -1.63. The van der Waals surface area contributed by atoms with Gasteiger partial charge in [-0.3, -0.25) is 14.9 Å². The number of rotatable bonds is 5. The molecule has 5 nitrogen and oxygen atoms in total. The highest BCUT2D eigenvalue weighted by Crippen LogP contribution is 2.30. The van der Waals surface area contributed by atoms with Crippen molar-refractivity contribution in [2.45, 2.75) is 13.0 Å². The molecule has 1 aromatic heterocycles. The maximum atomic E-state index is 12.1. The Bertz CT molecular complexity index is 701. The average molecular weight is 346 g/mol. The van der Waals surface area contributed by atoms with E-state index in [1.165, 1.54) is 18.2 Å². The maximum absolute atomic E-state index is 12.1. The molecular formula is C13H9Cl2NO4S. The summed E-state index contributed by atoms with van der Waals surface area (Å²) in [5.41, 5.74) is -0.142. The second kappa shape index (κ2) is 6.43.